The third-order valence-corrected chi connectivity index (χ3v) is 4.51. The third-order valence-electron chi connectivity index (χ3n) is 4.51. The van der Waals surface area contributed by atoms with Gasteiger partial charge in [0, 0.05) is 12.3 Å². The zero-order valence-corrected chi connectivity index (χ0v) is 16.6. The Labute approximate surface area is 170 Å². The van der Waals surface area contributed by atoms with Gasteiger partial charge < -0.3 is 19.7 Å². The first kappa shape index (κ1) is 20.4. The maximum atomic E-state index is 12.3. The van der Waals surface area contributed by atoms with Gasteiger partial charge in [0.25, 0.3) is 0 Å². The van der Waals surface area contributed by atoms with E-state index in [-0.39, 0.29) is 18.6 Å². The van der Waals surface area contributed by atoms with Gasteiger partial charge in [-0.2, -0.15) is 0 Å². The summed E-state index contributed by atoms with van der Waals surface area (Å²) in [7, 11) is 1.61. The highest BCUT2D eigenvalue weighted by atomic mass is 16.5. The lowest BCUT2D eigenvalue weighted by Crippen LogP contribution is -2.38. The molecular formula is C23H25N3O3. The van der Waals surface area contributed by atoms with E-state index in [1.165, 1.54) is 6.08 Å². The normalized spacial score (nSPS) is 12.1. The number of aliphatic hydroxyl groups excluding tert-OH is 1. The van der Waals surface area contributed by atoms with E-state index in [0.29, 0.717) is 12.2 Å². The van der Waals surface area contributed by atoms with Crippen LogP contribution in [0.4, 0.5) is 0 Å². The van der Waals surface area contributed by atoms with Gasteiger partial charge in [0.05, 0.1) is 37.5 Å². The monoisotopic (exact) mass is 391 g/mol. The lowest BCUT2D eigenvalue weighted by molar-refractivity contribution is -0.117. The Morgan fingerprint density at radius 2 is 2.07 bits per heavy atom. The fraction of sp³-hybridized carbons (Fsp3) is 0.217. The van der Waals surface area contributed by atoms with Crippen molar-refractivity contribution in [2.45, 2.75) is 19.4 Å². The number of methoxy groups -OCH3 is 1. The second-order valence-corrected chi connectivity index (χ2v) is 6.76. The Hall–Kier alpha value is -3.38. The van der Waals surface area contributed by atoms with Gasteiger partial charge in [-0.05, 0) is 42.7 Å². The summed E-state index contributed by atoms with van der Waals surface area (Å²) in [5.41, 5.74) is 3.69. The molecule has 1 aromatic heterocycles. The molecule has 0 saturated heterocycles. The number of rotatable bonds is 8. The number of benzene rings is 2. The Morgan fingerprint density at radius 1 is 1.28 bits per heavy atom. The van der Waals surface area contributed by atoms with Gasteiger partial charge in [0.1, 0.15) is 5.75 Å². The van der Waals surface area contributed by atoms with E-state index in [0.717, 1.165) is 22.5 Å². The van der Waals surface area contributed by atoms with Crippen molar-refractivity contribution in [3.63, 3.8) is 0 Å². The predicted octanol–water partition coefficient (Wildman–Crippen LogP) is 2.92. The Morgan fingerprint density at radius 3 is 2.72 bits per heavy atom. The molecule has 1 amide bonds. The number of amides is 1. The molecular weight excluding hydrogens is 366 g/mol. The van der Waals surface area contributed by atoms with Crippen LogP contribution in [0.25, 0.3) is 11.8 Å². The molecule has 0 aliphatic rings. The number of nitrogens with one attached hydrogen (secondary N) is 1. The number of ether oxygens (including phenoxy) is 1. The van der Waals surface area contributed by atoms with Crippen molar-refractivity contribution in [2.24, 2.45) is 0 Å². The molecule has 2 aromatic carbocycles. The van der Waals surface area contributed by atoms with Gasteiger partial charge in [-0.15, -0.1) is 0 Å². The summed E-state index contributed by atoms with van der Waals surface area (Å²) < 4.78 is 7.38. The zero-order chi connectivity index (χ0) is 20.6. The van der Waals surface area contributed by atoms with E-state index < -0.39 is 0 Å². The van der Waals surface area contributed by atoms with Gasteiger partial charge in [0.2, 0.25) is 5.91 Å². The topological polar surface area (TPSA) is 76.4 Å². The molecule has 6 nitrogen and oxygen atoms in total. The van der Waals surface area contributed by atoms with Crippen LogP contribution >= 0.6 is 0 Å². The van der Waals surface area contributed by atoms with Crippen molar-refractivity contribution < 1.29 is 14.6 Å². The van der Waals surface area contributed by atoms with Crippen LogP contribution in [0.15, 0.2) is 67.1 Å². The largest absolute Gasteiger partial charge is 0.495 e. The highest BCUT2D eigenvalue weighted by Gasteiger charge is 2.11. The predicted molar refractivity (Wildman–Crippen MR) is 113 cm³/mol. The molecule has 0 bridgehead atoms. The Bertz CT molecular complexity index is 980. The van der Waals surface area contributed by atoms with Gasteiger partial charge in [-0.25, -0.2) is 4.98 Å². The third kappa shape index (κ3) is 5.56. The minimum atomic E-state index is -0.337. The van der Waals surface area contributed by atoms with E-state index in [9.17, 15) is 9.90 Å². The molecule has 3 aromatic rings. The quantitative estimate of drug-likeness (QED) is 0.579. The minimum Gasteiger partial charge on any atom is -0.495 e. The number of imidazole rings is 1. The molecule has 0 unspecified atom stereocenters. The first-order chi connectivity index (χ1) is 14.1. The molecule has 0 aliphatic heterocycles. The number of hydrogen-bond donors (Lipinski definition) is 2. The summed E-state index contributed by atoms with van der Waals surface area (Å²) in [6.07, 6.45) is 7.41. The van der Waals surface area contributed by atoms with Crippen molar-refractivity contribution in [1.29, 1.82) is 0 Å². The maximum absolute atomic E-state index is 12.3. The van der Waals surface area contributed by atoms with Crippen molar-refractivity contribution in [3.8, 4) is 11.4 Å². The summed E-state index contributed by atoms with van der Waals surface area (Å²) in [4.78, 5) is 16.5. The van der Waals surface area contributed by atoms with Gasteiger partial charge in [0.15, 0.2) is 0 Å². The van der Waals surface area contributed by atoms with Crippen LogP contribution < -0.4 is 10.1 Å². The van der Waals surface area contributed by atoms with Crippen LogP contribution in [0.2, 0.25) is 0 Å². The summed E-state index contributed by atoms with van der Waals surface area (Å²) >= 11 is 0. The highest BCUT2D eigenvalue weighted by molar-refractivity contribution is 5.92. The van der Waals surface area contributed by atoms with E-state index in [4.69, 9.17) is 4.74 Å². The van der Waals surface area contributed by atoms with Gasteiger partial charge >= 0.3 is 0 Å². The fourth-order valence-corrected chi connectivity index (χ4v) is 3.05. The lowest BCUT2D eigenvalue weighted by Gasteiger charge is -2.15. The Kier molecular flexibility index (Phi) is 6.81. The SMILES string of the molecule is COc1cc(/C=C/C(=O)N[C@@H](CO)Cc2ccccc2)ccc1-n1cnc(C)c1. The first-order valence-corrected chi connectivity index (χ1v) is 9.41. The van der Waals surface area contributed by atoms with Gasteiger partial charge in [-0.3, -0.25) is 4.79 Å². The van der Waals surface area contributed by atoms with Crippen LogP contribution in [0.3, 0.4) is 0 Å². The van der Waals surface area contributed by atoms with Crippen LogP contribution in [-0.4, -0.2) is 40.3 Å². The number of aromatic nitrogens is 2. The molecule has 29 heavy (non-hydrogen) atoms. The smallest absolute Gasteiger partial charge is 0.244 e. The molecule has 0 saturated carbocycles. The van der Waals surface area contributed by atoms with Crippen LogP contribution in [-0.2, 0) is 11.2 Å². The molecule has 0 fully saturated rings. The average molecular weight is 391 g/mol. The molecule has 0 spiro atoms. The van der Waals surface area contributed by atoms with Crippen LogP contribution in [0.1, 0.15) is 16.8 Å². The van der Waals surface area contributed by atoms with E-state index in [1.807, 2.05) is 66.2 Å². The number of hydrogen-bond acceptors (Lipinski definition) is 4. The molecule has 3 rings (SSSR count). The second-order valence-electron chi connectivity index (χ2n) is 6.76. The van der Waals surface area contributed by atoms with Crippen molar-refractivity contribution in [1.82, 2.24) is 14.9 Å². The van der Waals surface area contributed by atoms with Crippen LogP contribution in [0, 0.1) is 6.92 Å². The molecule has 1 atom stereocenters. The lowest BCUT2D eigenvalue weighted by atomic mass is 10.1. The number of nitrogens with zero attached hydrogens (tertiary/aromatic N) is 2. The average Bonchev–Trinajstić information content (AvgIpc) is 3.18. The first-order valence-electron chi connectivity index (χ1n) is 9.41. The molecule has 0 radical (unpaired) electrons. The molecule has 2 N–H and O–H groups in total. The van der Waals surface area contributed by atoms with Crippen molar-refractivity contribution in [3.05, 3.63) is 84.0 Å². The van der Waals surface area contributed by atoms with Crippen molar-refractivity contribution >= 4 is 12.0 Å². The van der Waals surface area contributed by atoms with Crippen LogP contribution in [0.5, 0.6) is 5.75 Å². The molecule has 0 aliphatic carbocycles. The summed E-state index contributed by atoms with van der Waals surface area (Å²) in [6, 6.07) is 15.1. The minimum absolute atomic E-state index is 0.124. The summed E-state index contributed by atoms with van der Waals surface area (Å²) in [6.45, 7) is 1.80. The molecule has 150 valence electrons. The van der Waals surface area contributed by atoms with Crippen molar-refractivity contribution in [2.75, 3.05) is 13.7 Å². The van der Waals surface area contributed by atoms with E-state index >= 15 is 0 Å². The van der Waals surface area contributed by atoms with E-state index in [2.05, 4.69) is 10.3 Å². The summed E-state index contributed by atoms with van der Waals surface area (Å²) in [5, 5.41) is 12.4. The molecule has 1 heterocycles. The van der Waals surface area contributed by atoms with E-state index in [1.54, 1.807) is 19.5 Å². The zero-order valence-electron chi connectivity index (χ0n) is 16.6. The number of aliphatic hydroxyl groups is 1. The second kappa shape index (κ2) is 9.71. The number of carbonyl (C=O) groups excluding carboxylic acids is 1. The molecule has 6 heteroatoms. The maximum Gasteiger partial charge on any atom is 0.244 e. The van der Waals surface area contributed by atoms with Gasteiger partial charge in [-0.1, -0.05) is 36.4 Å². The standard InChI is InChI=1S/C23H25N3O3/c1-17-14-26(16-24-17)21-10-8-19(13-22(21)29-2)9-11-23(28)25-20(15-27)12-18-6-4-3-5-7-18/h3-11,13-14,16,20,27H,12,15H2,1-2H3,(H,25,28)/b11-9+/t20-/m1/s1. The fourth-order valence-electron chi connectivity index (χ4n) is 3.05. The number of aryl methyl sites for hydroxylation is 1. The number of carbonyl (C=O) groups is 1. The highest BCUT2D eigenvalue weighted by Crippen LogP contribution is 2.25. The Balaban J connectivity index is 1.66. The summed E-state index contributed by atoms with van der Waals surface area (Å²) in [5.74, 6) is 0.426.